The first kappa shape index (κ1) is 15.1. The molecule has 0 fully saturated rings. The molecule has 118 valence electrons. The Morgan fingerprint density at radius 2 is 2.09 bits per heavy atom. The van der Waals surface area contributed by atoms with Crippen LogP contribution in [0.25, 0.3) is 11.6 Å². The largest absolute Gasteiger partial charge is 0.481 e. The third-order valence-corrected chi connectivity index (χ3v) is 4.23. The van der Waals surface area contributed by atoms with Crippen molar-refractivity contribution in [1.82, 2.24) is 4.98 Å². The van der Waals surface area contributed by atoms with Gasteiger partial charge in [0.15, 0.2) is 0 Å². The van der Waals surface area contributed by atoms with Crippen LogP contribution >= 0.6 is 0 Å². The van der Waals surface area contributed by atoms with Crippen LogP contribution in [0.4, 0.5) is 5.69 Å². The Kier molecular flexibility index (Phi) is 3.78. The topological polar surface area (TPSA) is 82.2 Å². The predicted octanol–water partition coefficient (Wildman–Crippen LogP) is 3.08. The van der Waals surface area contributed by atoms with Crippen LogP contribution in [0.1, 0.15) is 29.3 Å². The van der Waals surface area contributed by atoms with Gasteiger partial charge in [-0.2, -0.15) is 0 Å². The molecule has 2 heterocycles. The van der Waals surface area contributed by atoms with Crippen LogP contribution in [-0.4, -0.2) is 22.0 Å². The third kappa shape index (κ3) is 2.77. The molecule has 0 saturated carbocycles. The lowest BCUT2D eigenvalue weighted by molar-refractivity contribution is -0.141. The standard InChI is InChI=1S/C18H18N2O3/c1-10(18(22)23)7-12-9-19-16(11(12)2)8-14-13-5-3-4-6-15(13)20-17(14)21/h3-6,8-10,19H,7H2,1-2H3,(H,20,21)(H,22,23). The van der Waals surface area contributed by atoms with Gasteiger partial charge in [0.05, 0.1) is 11.5 Å². The molecule has 1 aliphatic rings. The minimum atomic E-state index is -0.811. The molecular weight excluding hydrogens is 292 g/mol. The Morgan fingerprint density at radius 1 is 1.35 bits per heavy atom. The fourth-order valence-electron chi connectivity index (χ4n) is 2.76. The van der Waals surface area contributed by atoms with E-state index in [0.29, 0.717) is 12.0 Å². The van der Waals surface area contributed by atoms with Crippen molar-refractivity contribution in [1.29, 1.82) is 0 Å². The number of aromatic nitrogens is 1. The summed E-state index contributed by atoms with van der Waals surface area (Å²) in [7, 11) is 0. The Balaban J connectivity index is 1.93. The first-order chi connectivity index (χ1) is 11.0. The number of carbonyl (C=O) groups excluding carboxylic acids is 1. The van der Waals surface area contributed by atoms with Gasteiger partial charge in [-0.15, -0.1) is 0 Å². The van der Waals surface area contributed by atoms with Gasteiger partial charge in [0.25, 0.3) is 5.91 Å². The van der Waals surface area contributed by atoms with E-state index in [9.17, 15) is 9.59 Å². The van der Waals surface area contributed by atoms with Crippen molar-refractivity contribution in [2.24, 2.45) is 5.92 Å². The van der Waals surface area contributed by atoms with Crippen LogP contribution < -0.4 is 5.32 Å². The molecule has 3 rings (SSSR count). The maximum atomic E-state index is 12.1. The van der Waals surface area contributed by atoms with Crippen LogP contribution in [0.15, 0.2) is 30.5 Å². The molecule has 0 spiro atoms. The Morgan fingerprint density at radius 3 is 2.83 bits per heavy atom. The van der Waals surface area contributed by atoms with Crippen LogP contribution in [0, 0.1) is 12.8 Å². The molecule has 23 heavy (non-hydrogen) atoms. The van der Waals surface area contributed by atoms with Crippen molar-refractivity contribution < 1.29 is 14.7 Å². The van der Waals surface area contributed by atoms with Gasteiger partial charge in [0.1, 0.15) is 0 Å². The van der Waals surface area contributed by atoms with Gasteiger partial charge in [0.2, 0.25) is 0 Å². The number of benzene rings is 1. The van der Waals surface area contributed by atoms with Gasteiger partial charge in [0, 0.05) is 23.1 Å². The molecule has 5 heteroatoms. The maximum absolute atomic E-state index is 12.1. The Bertz CT molecular complexity index is 817. The number of hydrogen-bond acceptors (Lipinski definition) is 2. The van der Waals surface area contributed by atoms with Crippen LogP contribution in [-0.2, 0) is 16.0 Å². The highest BCUT2D eigenvalue weighted by Crippen LogP contribution is 2.33. The molecule has 0 aliphatic carbocycles. The van der Waals surface area contributed by atoms with Gasteiger partial charge in [-0.1, -0.05) is 25.1 Å². The van der Waals surface area contributed by atoms with Gasteiger partial charge in [-0.05, 0) is 36.6 Å². The average Bonchev–Trinajstić information content (AvgIpc) is 3.02. The van der Waals surface area contributed by atoms with E-state index < -0.39 is 11.9 Å². The lowest BCUT2D eigenvalue weighted by atomic mass is 9.99. The minimum Gasteiger partial charge on any atom is -0.481 e. The smallest absolute Gasteiger partial charge is 0.306 e. The number of para-hydroxylation sites is 1. The number of aromatic amines is 1. The Labute approximate surface area is 134 Å². The molecule has 1 aliphatic heterocycles. The highest BCUT2D eigenvalue weighted by molar-refractivity contribution is 6.34. The molecule has 1 atom stereocenters. The summed E-state index contributed by atoms with van der Waals surface area (Å²) in [5.74, 6) is -1.38. The van der Waals surface area contributed by atoms with Crippen molar-refractivity contribution in [3.63, 3.8) is 0 Å². The van der Waals surface area contributed by atoms with Gasteiger partial charge < -0.3 is 15.4 Å². The van der Waals surface area contributed by atoms with Crippen LogP contribution in [0.2, 0.25) is 0 Å². The molecule has 1 aromatic heterocycles. The number of amides is 1. The lowest BCUT2D eigenvalue weighted by Crippen LogP contribution is -2.12. The van der Waals surface area contributed by atoms with Gasteiger partial charge in [-0.25, -0.2) is 0 Å². The van der Waals surface area contributed by atoms with E-state index in [1.807, 2.05) is 43.5 Å². The number of rotatable bonds is 4. The van der Waals surface area contributed by atoms with E-state index >= 15 is 0 Å². The number of H-pyrrole nitrogens is 1. The normalized spacial score (nSPS) is 16.3. The minimum absolute atomic E-state index is 0.124. The zero-order valence-corrected chi connectivity index (χ0v) is 13.0. The summed E-state index contributed by atoms with van der Waals surface area (Å²) >= 11 is 0. The first-order valence-corrected chi connectivity index (χ1v) is 7.49. The van der Waals surface area contributed by atoms with Crippen LogP contribution in [0.3, 0.4) is 0 Å². The van der Waals surface area contributed by atoms with Crippen molar-refractivity contribution in [2.75, 3.05) is 5.32 Å². The number of hydrogen-bond donors (Lipinski definition) is 3. The maximum Gasteiger partial charge on any atom is 0.306 e. The Hall–Kier alpha value is -2.82. The molecule has 0 bridgehead atoms. The second kappa shape index (κ2) is 5.76. The predicted molar refractivity (Wildman–Crippen MR) is 89.0 cm³/mol. The summed E-state index contributed by atoms with van der Waals surface area (Å²) in [4.78, 5) is 26.3. The molecule has 0 radical (unpaired) electrons. The van der Waals surface area contributed by atoms with Crippen molar-refractivity contribution in [3.05, 3.63) is 52.8 Å². The molecule has 2 aromatic rings. The molecule has 5 nitrogen and oxygen atoms in total. The second-order valence-corrected chi connectivity index (χ2v) is 5.85. The summed E-state index contributed by atoms with van der Waals surface area (Å²) in [5.41, 5.74) is 5.07. The fourth-order valence-corrected chi connectivity index (χ4v) is 2.76. The number of fused-ring (bicyclic) bond motifs is 1. The fraction of sp³-hybridized carbons (Fsp3) is 0.222. The number of carboxylic acids is 1. The number of carbonyl (C=O) groups is 2. The van der Waals surface area contributed by atoms with E-state index in [1.54, 1.807) is 6.92 Å². The van der Waals surface area contributed by atoms with Crippen molar-refractivity contribution >= 4 is 29.2 Å². The van der Waals surface area contributed by atoms with Crippen LogP contribution in [0.5, 0.6) is 0 Å². The summed E-state index contributed by atoms with van der Waals surface area (Å²) in [6.45, 7) is 3.62. The summed E-state index contributed by atoms with van der Waals surface area (Å²) in [6, 6.07) is 7.56. The van der Waals surface area contributed by atoms with E-state index in [2.05, 4.69) is 10.3 Å². The summed E-state index contributed by atoms with van der Waals surface area (Å²) in [6.07, 6.45) is 4.11. The summed E-state index contributed by atoms with van der Waals surface area (Å²) in [5, 5.41) is 11.9. The van der Waals surface area contributed by atoms with Gasteiger partial charge in [-0.3, -0.25) is 9.59 Å². The highest BCUT2D eigenvalue weighted by atomic mass is 16.4. The average molecular weight is 310 g/mol. The zero-order chi connectivity index (χ0) is 16.6. The molecule has 1 unspecified atom stereocenters. The zero-order valence-electron chi connectivity index (χ0n) is 13.0. The molecule has 1 aromatic carbocycles. The molecule has 1 amide bonds. The third-order valence-electron chi connectivity index (χ3n) is 4.23. The SMILES string of the molecule is Cc1c(CC(C)C(=O)O)c[nH]c1C=C1C(=O)Nc2ccccc21. The van der Waals surface area contributed by atoms with E-state index in [0.717, 1.165) is 28.1 Å². The first-order valence-electron chi connectivity index (χ1n) is 7.49. The molecular formula is C18H18N2O3. The van der Waals surface area contributed by atoms with E-state index in [-0.39, 0.29) is 5.91 Å². The van der Waals surface area contributed by atoms with Crippen molar-refractivity contribution in [2.45, 2.75) is 20.3 Å². The quantitative estimate of drug-likeness (QED) is 0.759. The lowest BCUT2D eigenvalue weighted by Gasteiger charge is -2.05. The van der Waals surface area contributed by atoms with Crippen molar-refractivity contribution in [3.8, 4) is 0 Å². The number of carboxylic acid groups (broad SMARTS) is 1. The van der Waals surface area contributed by atoms with E-state index in [1.165, 1.54) is 0 Å². The monoisotopic (exact) mass is 310 g/mol. The molecule has 3 N–H and O–H groups in total. The van der Waals surface area contributed by atoms with Gasteiger partial charge >= 0.3 is 5.97 Å². The highest BCUT2D eigenvalue weighted by Gasteiger charge is 2.24. The number of anilines is 1. The summed E-state index contributed by atoms with van der Waals surface area (Å²) < 4.78 is 0. The molecule has 0 saturated heterocycles. The van der Waals surface area contributed by atoms with E-state index in [4.69, 9.17) is 5.11 Å². The number of aliphatic carboxylic acids is 1. The number of nitrogens with one attached hydrogen (secondary N) is 2. The second-order valence-electron chi connectivity index (χ2n) is 5.85.